The standard InChI is InChI=1S/C10H18N2O4/c13-6-5-12(8-3-1-2-4-8)10(16)11-7-9(14)15/h8,13H,1-7H2,(H,11,16)(H,14,15). The lowest BCUT2D eigenvalue weighted by Gasteiger charge is -2.28. The Bertz CT molecular complexity index is 251. The van der Waals surface area contributed by atoms with Crippen molar-refractivity contribution in [1.82, 2.24) is 10.2 Å². The van der Waals surface area contributed by atoms with Crippen LogP contribution < -0.4 is 5.32 Å². The van der Waals surface area contributed by atoms with E-state index in [1.165, 1.54) is 4.90 Å². The molecule has 0 radical (unpaired) electrons. The smallest absolute Gasteiger partial charge is 0.323 e. The van der Waals surface area contributed by atoms with Gasteiger partial charge in [-0.3, -0.25) is 4.79 Å². The summed E-state index contributed by atoms with van der Waals surface area (Å²) in [4.78, 5) is 23.5. The molecule has 0 aromatic carbocycles. The first-order valence-corrected chi connectivity index (χ1v) is 5.52. The van der Waals surface area contributed by atoms with Gasteiger partial charge < -0.3 is 20.4 Å². The topological polar surface area (TPSA) is 89.9 Å². The summed E-state index contributed by atoms with van der Waals surface area (Å²) in [5, 5.41) is 19.7. The minimum Gasteiger partial charge on any atom is -0.480 e. The molecule has 0 aromatic rings. The number of aliphatic hydroxyl groups excluding tert-OH is 1. The molecule has 1 aliphatic carbocycles. The number of nitrogens with one attached hydrogen (secondary N) is 1. The second-order valence-electron chi connectivity index (χ2n) is 3.91. The molecule has 0 spiro atoms. The number of aliphatic hydroxyl groups is 1. The summed E-state index contributed by atoms with van der Waals surface area (Å²) in [6, 6.07) is -0.260. The predicted octanol–water partition coefficient (Wildman–Crippen LogP) is 0.0175. The first-order chi connectivity index (χ1) is 7.65. The van der Waals surface area contributed by atoms with Gasteiger partial charge in [0, 0.05) is 12.6 Å². The van der Waals surface area contributed by atoms with Crippen molar-refractivity contribution in [2.24, 2.45) is 0 Å². The Morgan fingerprint density at radius 2 is 1.94 bits per heavy atom. The number of rotatable bonds is 5. The first-order valence-electron chi connectivity index (χ1n) is 5.52. The highest BCUT2D eigenvalue weighted by atomic mass is 16.4. The zero-order valence-electron chi connectivity index (χ0n) is 9.19. The van der Waals surface area contributed by atoms with E-state index in [-0.39, 0.29) is 25.7 Å². The lowest BCUT2D eigenvalue weighted by atomic mass is 10.2. The van der Waals surface area contributed by atoms with Crippen molar-refractivity contribution < 1.29 is 19.8 Å². The third kappa shape index (κ3) is 3.69. The molecule has 0 unspecified atom stereocenters. The fourth-order valence-corrected chi connectivity index (χ4v) is 2.03. The van der Waals surface area contributed by atoms with Crippen LogP contribution in [0.1, 0.15) is 25.7 Å². The van der Waals surface area contributed by atoms with Crippen molar-refractivity contribution in [2.75, 3.05) is 19.7 Å². The van der Waals surface area contributed by atoms with E-state index < -0.39 is 12.0 Å². The number of amides is 2. The summed E-state index contributed by atoms with van der Waals surface area (Å²) in [7, 11) is 0. The van der Waals surface area contributed by atoms with E-state index in [9.17, 15) is 9.59 Å². The van der Waals surface area contributed by atoms with E-state index in [2.05, 4.69) is 5.32 Å². The number of urea groups is 1. The molecule has 6 heteroatoms. The molecule has 16 heavy (non-hydrogen) atoms. The number of hydrogen-bond acceptors (Lipinski definition) is 3. The Morgan fingerprint density at radius 3 is 2.44 bits per heavy atom. The third-order valence-corrected chi connectivity index (χ3v) is 2.76. The molecule has 2 amide bonds. The van der Waals surface area contributed by atoms with Gasteiger partial charge in [-0.05, 0) is 12.8 Å². The van der Waals surface area contributed by atoms with Crippen molar-refractivity contribution in [3.8, 4) is 0 Å². The first kappa shape index (κ1) is 12.8. The summed E-state index contributed by atoms with van der Waals surface area (Å²) in [6.07, 6.45) is 4.03. The Morgan fingerprint density at radius 1 is 1.31 bits per heavy atom. The number of carboxylic acids is 1. The van der Waals surface area contributed by atoms with E-state index >= 15 is 0 Å². The van der Waals surface area contributed by atoms with Crippen LogP contribution in [0.5, 0.6) is 0 Å². The van der Waals surface area contributed by atoms with Crippen molar-refractivity contribution in [2.45, 2.75) is 31.7 Å². The van der Waals surface area contributed by atoms with Gasteiger partial charge in [0.1, 0.15) is 6.54 Å². The quantitative estimate of drug-likeness (QED) is 0.621. The van der Waals surface area contributed by atoms with E-state index in [4.69, 9.17) is 10.2 Å². The van der Waals surface area contributed by atoms with Crippen LogP contribution in [0.3, 0.4) is 0 Å². The van der Waals surface area contributed by atoms with E-state index in [1.54, 1.807) is 0 Å². The molecule has 0 atom stereocenters. The maximum absolute atomic E-state index is 11.7. The maximum atomic E-state index is 11.7. The molecule has 1 aliphatic rings. The highest BCUT2D eigenvalue weighted by Crippen LogP contribution is 2.23. The summed E-state index contributed by atoms with van der Waals surface area (Å²) < 4.78 is 0. The van der Waals surface area contributed by atoms with Crippen molar-refractivity contribution in [1.29, 1.82) is 0 Å². The molecular formula is C10H18N2O4. The lowest BCUT2D eigenvalue weighted by molar-refractivity contribution is -0.135. The molecule has 6 nitrogen and oxygen atoms in total. The van der Waals surface area contributed by atoms with Gasteiger partial charge in [0.05, 0.1) is 6.61 Å². The van der Waals surface area contributed by atoms with Gasteiger partial charge in [-0.1, -0.05) is 12.8 Å². The van der Waals surface area contributed by atoms with Crippen LogP contribution in [0.4, 0.5) is 4.79 Å². The van der Waals surface area contributed by atoms with Gasteiger partial charge in [0.2, 0.25) is 0 Å². The molecule has 1 fully saturated rings. The van der Waals surface area contributed by atoms with Crippen LogP contribution in [-0.2, 0) is 4.79 Å². The second-order valence-corrected chi connectivity index (χ2v) is 3.91. The van der Waals surface area contributed by atoms with Gasteiger partial charge in [0.25, 0.3) is 0 Å². The number of aliphatic carboxylic acids is 1. The molecule has 1 rings (SSSR count). The number of nitrogens with zero attached hydrogens (tertiary/aromatic N) is 1. The Hall–Kier alpha value is -1.30. The monoisotopic (exact) mass is 230 g/mol. The fourth-order valence-electron chi connectivity index (χ4n) is 2.03. The Kier molecular flexibility index (Phi) is 5.04. The molecule has 0 saturated heterocycles. The molecule has 1 saturated carbocycles. The van der Waals surface area contributed by atoms with Crippen LogP contribution in [-0.4, -0.2) is 52.9 Å². The molecule has 0 aliphatic heterocycles. The average molecular weight is 230 g/mol. The molecule has 0 heterocycles. The van der Waals surface area contributed by atoms with Gasteiger partial charge in [-0.25, -0.2) is 4.79 Å². The molecule has 92 valence electrons. The zero-order valence-corrected chi connectivity index (χ0v) is 9.19. The van der Waals surface area contributed by atoms with Gasteiger partial charge in [-0.2, -0.15) is 0 Å². The van der Waals surface area contributed by atoms with E-state index in [0.717, 1.165) is 25.7 Å². The normalized spacial score (nSPS) is 16.1. The second kappa shape index (κ2) is 6.32. The number of carbonyl (C=O) groups excluding carboxylic acids is 1. The summed E-state index contributed by atoms with van der Waals surface area (Å²) in [5.41, 5.74) is 0. The highest BCUT2D eigenvalue weighted by molar-refractivity contribution is 5.80. The average Bonchev–Trinajstić information content (AvgIpc) is 2.75. The van der Waals surface area contributed by atoms with E-state index in [0.29, 0.717) is 0 Å². The maximum Gasteiger partial charge on any atom is 0.323 e. The number of carboxylic acid groups (broad SMARTS) is 1. The van der Waals surface area contributed by atoms with Crippen molar-refractivity contribution >= 4 is 12.0 Å². The molecule has 0 aromatic heterocycles. The van der Waals surface area contributed by atoms with Gasteiger partial charge in [0.15, 0.2) is 0 Å². The zero-order chi connectivity index (χ0) is 12.0. The van der Waals surface area contributed by atoms with Crippen LogP contribution >= 0.6 is 0 Å². The molecule has 3 N–H and O–H groups in total. The van der Waals surface area contributed by atoms with Gasteiger partial charge >= 0.3 is 12.0 Å². The number of hydrogen-bond donors (Lipinski definition) is 3. The lowest BCUT2D eigenvalue weighted by Crippen LogP contribution is -2.47. The predicted molar refractivity (Wildman–Crippen MR) is 57.1 cm³/mol. The van der Waals surface area contributed by atoms with Crippen molar-refractivity contribution in [3.05, 3.63) is 0 Å². The minimum atomic E-state index is -1.07. The SMILES string of the molecule is O=C(O)CNC(=O)N(CCO)C1CCCC1. The van der Waals surface area contributed by atoms with Crippen LogP contribution in [0.15, 0.2) is 0 Å². The summed E-state index contributed by atoms with van der Waals surface area (Å²) in [5.74, 6) is -1.07. The molecule has 0 bridgehead atoms. The van der Waals surface area contributed by atoms with Crippen molar-refractivity contribution in [3.63, 3.8) is 0 Å². The van der Waals surface area contributed by atoms with Crippen LogP contribution in [0.2, 0.25) is 0 Å². The van der Waals surface area contributed by atoms with Crippen LogP contribution in [0, 0.1) is 0 Å². The molecular weight excluding hydrogens is 212 g/mol. The van der Waals surface area contributed by atoms with Gasteiger partial charge in [-0.15, -0.1) is 0 Å². The fraction of sp³-hybridized carbons (Fsp3) is 0.800. The third-order valence-electron chi connectivity index (χ3n) is 2.76. The summed E-state index contributed by atoms with van der Waals surface area (Å²) >= 11 is 0. The minimum absolute atomic E-state index is 0.100. The largest absolute Gasteiger partial charge is 0.480 e. The summed E-state index contributed by atoms with van der Waals surface area (Å²) in [6.45, 7) is -0.222. The Labute approximate surface area is 94.2 Å². The van der Waals surface area contributed by atoms with Crippen LogP contribution in [0.25, 0.3) is 0 Å². The highest BCUT2D eigenvalue weighted by Gasteiger charge is 2.26. The van der Waals surface area contributed by atoms with E-state index in [1.807, 2.05) is 0 Å². The number of carbonyl (C=O) groups is 2. The Balaban J connectivity index is 2.47.